The highest BCUT2D eigenvalue weighted by atomic mass is 35.5. The lowest BCUT2D eigenvalue weighted by atomic mass is 10.1. The summed E-state index contributed by atoms with van der Waals surface area (Å²) in [6, 6.07) is 2.38. The number of hydrogen-bond donors (Lipinski definition) is 2. The zero-order valence-electron chi connectivity index (χ0n) is 15.6. The van der Waals surface area contributed by atoms with Crippen LogP contribution in [-0.2, 0) is 4.74 Å². The van der Waals surface area contributed by atoms with Crippen molar-refractivity contribution in [2.24, 2.45) is 0 Å². The molecule has 2 heterocycles. The maximum absolute atomic E-state index is 11.8. The lowest BCUT2D eigenvalue weighted by Gasteiger charge is -2.18. The van der Waals surface area contributed by atoms with E-state index in [0.29, 0.717) is 10.7 Å². The molecule has 1 fully saturated rings. The van der Waals surface area contributed by atoms with Crippen LogP contribution in [0, 0.1) is 0 Å². The van der Waals surface area contributed by atoms with Gasteiger partial charge >= 0.3 is 6.09 Å². The Bertz CT molecular complexity index is 789. The van der Waals surface area contributed by atoms with Gasteiger partial charge in [0.15, 0.2) is 5.65 Å². The summed E-state index contributed by atoms with van der Waals surface area (Å²) in [6.07, 6.45) is 3.86. The van der Waals surface area contributed by atoms with E-state index in [4.69, 9.17) is 16.3 Å². The highest BCUT2D eigenvalue weighted by Gasteiger charge is 2.27. The van der Waals surface area contributed by atoms with Crippen LogP contribution in [0.25, 0.3) is 5.65 Å². The first kappa shape index (κ1) is 18.8. The number of ether oxygens (including phenoxy) is 1. The monoisotopic (exact) mass is 379 g/mol. The van der Waals surface area contributed by atoms with Gasteiger partial charge < -0.3 is 15.4 Å². The highest BCUT2D eigenvalue weighted by Crippen LogP contribution is 2.27. The van der Waals surface area contributed by atoms with Gasteiger partial charge in [0.2, 0.25) is 0 Å². The molecule has 0 bridgehead atoms. The number of fused-ring (bicyclic) bond motifs is 1. The number of rotatable bonds is 5. The van der Waals surface area contributed by atoms with Crippen molar-refractivity contribution >= 4 is 29.2 Å². The number of nitrogens with one attached hydrogen (secondary N) is 2. The molecule has 7 nitrogen and oxygen atoms in total. The fourth-order valence-electron chi connectivity index (χ4n) is 3.22. The Kier molecular flexibility index (Phi) is 5.55. The first-order valence-electron chi connectivity index (χ1n) is 9.11. The quantitative estimate of drug-likeness (QED) is 0.821. The van der Waals surface area contributed by atoms with Crippen molar-refractivity contribution in [2.75, 3.05) is 5.32 Å². The number of carbonyl (C=O) groups is 1. The van der Waals surface area contributed by atoms with Crippen molar-refractivity contribution in [3.8, 4) is 0 Å². The molecular weight excluding hydrogens is 354 g/mol. The van der Waals surface area contributed by atoms with E-state index in [-0.39, 0.29) is 30.2 Å². The summed E-state index contributed by atoms with van der Waals surface area (Å²) in [5, 5.41) is 11.4. The molecule has 0 unspecified atom stereocenters. The van der Waals surface area contributed by atoms with E-state index in [1.165, 1.54) is 0 Å². The minimum atomic E-state index is -0.349. The molecule has 2 aromatic rings. The second kappa shape index (κ2) is 7.70. The average Bonchev–Trinajstić information content (AvgIpc) is 3.13. The van der Waals surface area contributed by atoms with Gasteiger partial charge in [0, 0.05) is 23.8 Å². The highest BCUT2D eigenvalue weighted by molar-refractivity contribution is 6.33. The maximum atomic E-state index is 11.8. The van der Waals surface area contributed by atoms with Gasteiger partial charge in [0.25, 0.3) is 0 Å². The SMILES string of the molecule is CC(C)OC(=O)N[C@@H]1CC[C@@H](Nc2cc(C(C)C)nc3c(Cl)cnn23)C1. The smallest absolute Gasteiger partial charge is 0.407 e. The van der Waals surface area contributed by atoms with Crippen LogP contribution >= 0.6 is 11.6 Å². The molecule has 1 amide bonds. The van der Waals surface area contributed by atoms with Crippen LogP contribution in [0.4, 0.5) is 10.6 Å². The molecule has 3 rings (SSSR count). The van der Waals surface area contributed by atoms with Gasteiger partial charge in [-0.25, -0.2) is 9.78 Å². The summed E-state index contributed by atoms with van der Waals surface area (Å²) in [6.45, 7) is 7.88. The number of amides is 1. The van der Waals surface area contributed by atoms with E-state index >= 15 is 0 Å². The Morgan fingerprint density at radius 3 is 2.73 bits per heavy atom. The predicted octanol–water partition coefficient (Wildman–Crippen LogP) is 3.97. The van der Waals surface area contributed by atoms with E-state index in [2.05, 4.69) is 34.6 Å². The Hall–Kier alpha value is -2.02. The van der Waals surface area contributed by atoms with Crippen molar-refractivity contribution in [2.45, 2.75) is 71.1 Å². The third-order valence-electron chi connectivity index (χ3n) is 4.49. The van der Waals surface area contributed by atoms with Gasteiger partial charge in [0.1, 0.15) is 10.8 Å². The first-order valence-corrected chi connectivity index (χ1v) is 9.49. The molecule has 0 saturated heterocycles. The molecule has 2 N–H and O–H groups in total. The number of nitrogens with zero attached hydrogens (tertiary/aromatic N) is 3. The summed E-state index contributed by atoms with van der Waals surface area (Å²) in [5.41, 5.74) is 1.63. The second-order valence-corrected chi connectivity index (χ2v) is 7.81. The number of anilines is 1. The summed E-state index contributed by atoms with van der Waals surface area (Å²) >= 11 is 6.22. The van der Waals surface area contributed by atoms with Gasteiger partial charge in [-0.2, -0.15) is 9.61 Å². The molecule has 0 radical (unpaired) electrons. The van der Waals surface area contributed by atoms with Crippen LogP contribution in [0.5, 0.6) is 0 Å². The van der Waals surface area contributed by atoms with Gasteiger partial charge in [-0.3, -0.25) is 0 Å². The van der Waals surface area contributed by atoms with Gasteiger partial charge in [-0.1, -0.05) is 25.4 Å². The van der Waals surface area contributed by atoms with E-state index in [1.54, 1.807) is 10.7 Å². The number of halogens is 1. The number of carbonyl (C=O) groups excluding carboxylic acids is 1. The first-order chi connectivity index (χ1) is 12.3. The topological polar surface area (TPSA) is 80.5 Å². The lowest BCUT2D eigenvalue weighted by molar-refractivity contribution is 0.112. The maximum Gasteiger partial charge on any atom is 0.407 e. The fourth-order valence-corrected chi connectivity index (χ4v) is 3.39. The van der Waals surface area contributed by atoms with Crippen LogP contribution in [0.3, 0.4) is 0 Å². The zero-order chi connectivity index (χ0) is 18.8. The van der Waals surface area contributed by atoms with Crippen LogP contribution in [0.1, 0.15) is 58.6 Å². The van der Waals surface area contributed by atoms with Crippen molar-refractivity contribution in [3.05, 3.63) is 23.0 Å². The van der Waals surface area contributed by atoms with E-state index < -0.39 is 0 Å². The zero-order valence-corrected chi connectivity index (χ0v) is 16.4. The normalized spacial score (nSPS) is 20.1. The molecule has 142 valence electrons. The van der Waals surface area contributed by atoms with E-state index in [1.807, 2.05) is 19.9 Å². The summed E-state index contributed by atoms with van der Waals surface area (Å²) in [7, 11) is 0. The third kappa shape index (κ3) is 4.20. The minimum Gasteiger partial charge on any atom is -0.447 e. The average molecular weight is 380 g/mol. The van der Waals surface area contributed by atoms with Crippen molar-refractivity contribution in [3.63, 3.8) is 0 Å². The molecular formula is C18H26ClN5O2. The van der Waals surface area contributed by atoms with Gasteiger partial charge in [-0.15, -0.1) is 0 Å². The molecule has 0 aliphatic heterocycles. The van der Waals surface area contributed by atoms with Gasteiger partial charge in [0.05, 0.1) is 12.3 Å². The van der Waals surface area contributed by atoms with Crippen LogP contribution in [0.15, 0.2) is 12.3 Å². The van der Waals surface area contributed by atoms with Crippen LogP contribution in [-0.4, -0.2) is 38.9 Å². The van der Waals surface area contributed by atoms with Crippen molar-refractivity contribution in [1.82, 2.24) is 19.9 Å². The molecule has 0 spiro atoms. The second-order valence-electron chi connectivity index (χ2n) is 7.40. The lowest BCUT2D eigenvalue weighted by Crippen LogP contribution is -2.35. The fraction of sp³-hybridized carbons (Fsp3) is 0.611. The van der Waals surface area contributed by atoms with Crippen molar-refractivity contribution < 1.29 is 9.53 Å². The standard InChI is InChI=1S/C18H26ClN5O2/c1-10(2)15-8-16(24-17(23-15)14(19)9-20-24)21-12-5-6-13(7-12)22-18(25)26-11(3)4/h8-13,21H,5-7H2,1-4H3,(H,22,25)/t12-,13-/m1/s1. The Morgan fingerprint density at radius 1 is 1.31 bits per heavy atom. The summed E-state index contributed by atoms with van der Waals surface area (Å²) in [5.74, 6) is 1.16. The van der Waals surface area contributed by atoms with E-state index in [9.17, 15) is 4.79 Å². The minimum absolute atomic E-state index is 0.113. The van der Waals surface area contributed by atoms with Crippen LogP contribution in [0.2, 0.25) is 5.02 Å². The number of aromatic nitrogens is 3. The predicted molar refractivity (Wildman–Crippen MR) is 102 cm³/mol. The van der Waals surface area contributed by atoms with Gasteiger partial charge in [-0.05, 0) is 39.0 Å². The molecule has 26 heavy (non-hydrogen) atoms. The molecule has 1 aliphatic carbocycles. The number of alkyl carbamates (subject to hydrolysis) is 1. The number of hydrogen-bond acceptors (Lipinski definition) is 5. The molecule has 1 aliphatic rings. The Balaban J connectivity index is 1.71. The molecule has 0 aromatic carbocycles. The van der Waals surface area contributed by atoms with Crippen molar-refractivity contribution in [1.29, 1.82) is 0 Å². The summed E-state index contributed by atoms with van der Waals surface area (Å²) < 4.78 is 6.90. The molecule has 1 saturated carbocycles. The van der Waals surface area contributed by atoms with Crippen LogP contribution < -0.4 is 10.6 Å². The third-order valence-corrected chi connectivity index (χ3v) is 4.76. The molecule has 8 heteroatoms. The molecule has 2 aromatic heterocycles. The Labute approximate surface area is 158 Å². The Morgan fingerprint density at radius 2 is 2.04 bits per heavy atom. The summed E-state index contributed by atoms with van der Waals surface area (Å²) in [4.78, 5) is 16.4. The largest absolute Gasteiger partial charge is 0.447 e. The van der Waals surface area contributed by atoms with E-state index in [0.717, 1.165) is 30.8 Å². The molecule has 2 atom stereocenters.